The molecule has 412 valence electrons. The summed E-state index contributed by atoms with van der Waals surface area (Å²) in [6.45, 7) is -0.272. The van der Waals surface area contributed by atoms with Crippen LogP contribution in [-0.4, -0.2) is 15.8 Å². The third kappa shape index (κ3) is 7.43. The van der Waals surface area contributed by atoms with Gasteiger partial charge in [0.15, 0.2) is 0 Å². The first-order chi connectivity index (χ1) is 44.2. The Morgan fingerprint density at radius 2 is 0.753 bits per heavy atom. The van der Waals surface area contributed by atoms with Crippen LogP contribution < -0.4 is 21.3 Å². The van der Waals surface area contributed by atoms with Gasteiger partial charge in [0.2, 0.25) is 0 Å². The lowest BCUT2D eigenvalue weighted by Gasteiger charge is -2.42. The molecule has 17 aromatic rings. The molecule has 0 N–H and O–H groups in total. The van der Waals surface area contributed by atoms with Crippen molar-refractivity contribution in [2.24, 2.45) is 0 Å². The van der Waals surface area contributed by atoms with Crippen LogP contribution in [-0.2, 0) is 0 Å². The van der Waals surface area contributed by atoms with E-state index in [0.717, 1.165) is 83.5 Å². The molecule has 5 heteroatoms. The molecule has 4 nitrogen and oxygen atoms in total. The van der Waals surface area contributed by atoms with E-state index in [-0.39, 0.29) is 6.71 Å². The van der Waals surface area contributed by atoms with Gasteiger partial charge in [0, 0.05) is 60.5 Å². The molecule has 0 atom stereocenters. The monoisotopic (exact) mass is 1130 g/mol. The number of benzene rings is 14. The Hall–Kier alpha value is -11.7. The number of furan rings is 1. The van der Waals surface area contributed by atoms with E-state index < -0.39 is 0 Å². The van der Waals surface area contributed by atoms with Crippen LogP contribution >= 0.6 is 0 Å². The highest BCUT2D eigenvalue weighted by molar-refractivity contribution is 7.01. The summed E-state index contributed by atoms with van der Waals surface area (Å²) in [6, 6.07) is 117. The topological polar surface area (TPSA) is 26.2 Å². The van der Waals surface area contributed by atoms with Gasteiger partial charge in [-0.1, -0.05) is 267 Å². The second kappa shape index (κ2) is 19.4. The van der Waals surface area contributed by atoms with Crippen LogP contribution in [0.3, 0.4) is 0 Å². The predicted octanol–water partition coefficient (Wildman–Crippen LogP) is 20.4. The molecular weight excluding hydrogens is 1080 g/mol. The summed E-state index contributed by atoms with van der Waals surface area (Å²) in [5.74, 6) is 0. The SMILES string of the molecule is c1ccc(-c2ccc(-c3cccc(-c4ccc(-c5ccccc5)cc4)c3N3c4cc5c(cc4B4c6c3cc3c7ccccc7n(-c7ccccc7)c3c6-n3c6cc(-c7ccccc7)ccc6c6ccc(-c7ccccc7)c4c63)oc3ccccc35)cc2)cc1. The lowest BCUT2D eigenvalue weighted by atomic mass is 9.33. The fraction of sp³-hybridized carbons (Fsp3) is 0. The molecule has 0 spiro atoms. The Kier molecular flexibility index (Phi) is 10.8. The number of rotatable bonds is 8. The zero-order valence-electron chi connectivity index (χ0n) is 48.3. The first kappa shape index (κ1) is 49.6. The van der Waals surface area contributed by atoms with Gasteiger partial charge >= 0.3 is 0 Å². The van der Waals surface area contributed by atoms with E-state index >= 15 is 0 Å². The number of nitrogens with zero attached hydrogens (tertiary/aromatic N) is 3. The largest absolute Gasteiger partial charge is 0.456 e. The van der Waals surface area contributed by atoms with Gasteiger partial charge in [0.1, 0.15) is 11.2 Å². The quantitative estimate of drug-likeness (QED) is 0.142. The number of aromatic nitrogens is 2. The molecule has 19 rings (SSSR count). The van der Waals surface area contributed by atoms with Gasteiger partial charge in [0.25, 0.3) is 6.71 Å². The molecule has 5 heterocycles. The molecule has 3 aromatic heterocycles. The fourth-order valence-electron chi connectivity index (χ4n) is 15.2. The van der Waals surface area contributed by atoms with Crippen molar-refractivity contribution in [1.29, 1.82) is 0 Å². The summed E-state index contributed by atoms with van der Waals surface area (Å²) in [4.78, 5) is 2.68. The minimum Gasteiger partial charge on any atom is -0.456 e. The van der Waals surface area contributed by atoms with Gasteiger partial charge in [-0.25, -0.2) is 0 Å². The normalized spacial score (nSPS) is 12.4. The number of hydrogen-bond acceptors (Lipinski definition) is 2. The van der Waals surface area contributed by atoms with Crippen LogP contribution in [0.4, 0.5) is 17.1 Å². The average Bonchev–Trinajstić information content (AvgIpc) is 1.61. The van der Waals surface area contributed by atoms with Crippen molar-refractivity contribution in [2.45, 2.75) is 0 Å². The van der Waals surface area contributed by atoms with Crippen molar-refractivity contribution >= 4 is 106 Å². The van der Waals surface area contributed by atoms with E-state index in [4.69, 9.17) is 4.42 Å². The van der Waals surface area contributed by atoms with E-state index in [1.807, 2.05) is 0 Å². The molecule has 89 heavy (non-hydrogen) atoms. The van der Waals surface area contributed by atoms with Crippen LogP contribution in [0.1, 0.15) is 0 Å². The predicted molar refractivity (Wildman–Crippen MR) is 374 cm³/mol. The smallest absolute Gasteiger partial charge is 0.253 e. The van der Waals surface area contributed by atoms with Crippen LogP contribution in [0.15, 0.2) is 320 Å². The Morgan fingerprint density at radius 3 is 1.40 bits per heavy atom. The molecule has 0 saturated carbocycles. The standard InChI is InChI=1S/C84H52BN3O/c1-6-21-53(22-7-1)56-37-41-59(42-38-56)64-33-20-34-65(60-43-39-57(40-44-60)54-23-8-2-9-24-54)81(64)87-75-50-70-68-32-17-19-36-77(68)89-78(70)52-72(75)85-79-63(58-27-12-4-13-28-58)47-48-69-67-46-45-61(55-25-10-3-11-26-55)49-74(67)88(82(69)79)84-80(85)76(87)51-71-66-31-16-18-35-73(66)86(83(71)84)62-29-14-5-15-30-62/h1-52H. The first-order valence-electron chi connectivity index (χ1n) is 30.8. The minimum atomic E-state index is -0.272. The Bertz CT molecular complexity index is 5590. The van der Waals surface area contributed by atoms with Crippen LogP contribution in [0.25, 0.3) is 144 Å². The maximum Gasteiger partial charge on any atom is 0.253 e. The molecule has 0 fully saturated rings. The number of hydrogen-bond donors (Lipinski definition) is 0. The molecule has 2 aliphatic heterocycles. The van der Waals surface area contributed by atoms with Crippen molar-refractivity contribution in [2.75, 3.05) is 4.90 Å². The van der Waals surface area contributed by atoms with Crippen molar-refractivity contribution in [3.05, 3.63) is 315 Å². The molecule has 0 aliphatic carbocycles. The van der Waals surface area contributed by atoms with Crippen molar-refractivity contribution < 1.29 is 4.42 Å². The molecule has 0 radical (unpaired) electrons. The van der Waals surface area contributed by atoms with Crippen molar-refractivity contribution in [3.63, 3.8) is 0 Å². The summed E-state index contributed by atoms with van der Waals surface area (Å²) in [5, 5.41) is 6.96. The van der Waals surface area contributed by atoms with Gasteiger partial charge in [0.05, 0.1) is 33.4 Å². The van der Waals surface area contributed by atoms with Crippen molar-refractivity contribution in [3.8, 4) is 78.1 Å². The van der Waals surface area contributed by atoms with Gasteiger partial charge < -0.3 is 18.5 Å². The lowest BCUT2D eigenvalue weighted by Crippen LogP contribution is -2.61. The highest BCUT2D eigenvalue weighted by Gasteiger charge is 2.46. The zero-order valence-corrected chi connectivity index (χ0v) is 48.3. The summed E-state index contributed by atoms with van der Waals surface area (Å²) < 4.78 is 12.3. The van der Waals surface area contributed by atoms with E-state index in [0.29, 0.717) is 0 Å². The molecule has 0 bridgehead atoms. The highest BCUT2D eigenvalue weighted by atomic mass is 16.3. The summed E-state index contributed by atoms with van der Waals surface area (Å²) in [7, 11) is 0. The van der Waals surface area contributed by atoms with Crippen LogP contribution in [0.2, 0.25) is 0 Å². The Balaban J connectivity index is 1.02. The number of fused-ring (bicyclic) bond motifs is 14. The Labute approximate surface area is 514 Å². The van der Waals surface area contributed by atoms with Gasteiger partial charge in [-0.15, -0.1) is 0 Å². The second-order valence-corrected chi connectivity index (χ2v) is 23.8. The van der Waals surface area contributed by atoms with Gasteiger partial charge in [-0.05, 0) is 121 Å². The van der Waals surface area contributed by atoms with E-state index in [2.05, 4.69) is 329 Å². The minimum absolute atomic E-state index is 0.272. The van der Waals surface area contributed by atoms with E-state index in [1.54, 1.807) is 0 Å². The molecule has 0 saturated heterocycles. The third-order valence-corrected chi connectivity index (χ3v) is 19.1. The zero-order chi connectivity index (χ0) is 58.3. The molecule has 0 amide bonds. The molecular formula is C84H52BN3O. The third-order valence-electron chi connectivity index (χ3n) is 19.1. The molecule has 2 aliphatic rings. The average molecular weight is 1130 g/mol. The maximum absolute atomic E-state index is 7.09. The van der Waals surface area contributed by atoms with Gasteiger partial charge in [-0.3, -0.25) is 0 Å². The fourth-order valence-corrected chi connectivity index (χ4v) is 15.2. The first-order valence-corrected chi connectivity index (χ1v) is 30.8. The number of anilines is 3. The van der Waals surface area contributed by atoms with E-state index in [9.17, 15) is 0 Å². The van der Waals surface area contributed by atoms with E-state index in [1.165, 1.54) is 93.6 Å². The lowest BCUT2D eigenvalue weighted by molar-refractivity contribution is 0.669. The molecule has 0 unspecified atom stereocenters. The summed E-state index contributed by atoms with van der Waals surface area (Å²) in [6.07, 6.45) is 0. The highest BCUT2D eigenvalue weighted by Crippen LogP contribution is 2.53. The summed E-state index contributed by atoms with van der Waals surface area (Å²) in [5.41, 5.74) is 29.7. The maximum atomic E-state index is 7.09. The van der Waals surface area contributed by atoms with Crippen LogP contribution in [0.5, 0.6) is 0 Å². The van der Waals surface area contributed by atoms with Gasteiger partial charge in [-0.2, -0.15) is 0 Å². The second-order valence-electron chi connectivity index (χ2n) is 23.8. The number of para-hydroxylation sites is 4. The van der Waals surface area contributed by atoms with Crippen LogP contribution in [0, 0.1) is 0 Å². The molecule has 14 aromatic carbocycles. The summed E-state index contributed by atoms with van der Waals surface area (Å²) >= 11 is 0. The van der Waals surface area contributed by atoms with Crippen molar-refractivity contribution in [1.82, 2.24) is 9.13 Å². The Morgan fingerprint density at radius 1 is 0.258 bits per heavy atom.